The molecular weight excluding hydrogens is 390 g/mol. The van der Waals surface area contributed by atoms with Gasteiger partial charge in [0.05, 0.1) is 6.10 Å². The van der Waals surface area contributed by atoms with Crippen molar-refractivity contribution in [2.45, 2.75) is 97.5 Å². The zero-order chi connectivity index (χ0) is 22.4. The highest BCUT2D eigenvalue weighted by Gasteiger charge is 2.60. The molecule has 5 heteroatoms. The van der Waals surface area contributed by atoms with Crippen molar-refractivity contribution >= 4 is 11.9 Å². The second kappa shape index (κ2) is 8.68. The van der Waals surface area contributed by atoms with E-state index in [1.165, 1.54) is 44.9 Å². The van der Waals surface area contributed by atoms with Crippen molar-refractivity contribution in [1.29, 1.82) is 0 Å². The van der Waals surface area contributed by atoms with Gasteiger partial charge in [-0.1, -0.05) is 20.8 Å². The minimum Gasteiger partial charge on any atom is -0.480 e. The summed E-state index contributed by atoms with van der Waals surface area (Å²) in [6.45, 7) is 7.13. The number of aliphatic hydroxyl groups is 1. The normalized spacial score (nSPS) is 45.2. The number of aliphatic hydroxyl groups excluding tert-OH is 1. The smallest absolute Gasteiger partial charge is 0.322 e. The highest BCUT2D eigenvalue weighted by Crippen LogP contribution is 2.68. The van der Waals surface area contributed by atoms with Gasteiger partial charge < -0.3 is 15.5 Å². The van der Waals surface area contributed by atoms with Crippen LogP contribution in [0.15, 0.2) is 0 Å². The molecule has 0 aromatic rings. The molecule has 4 fully saturated rings. The lowest BCUT2D eigenvalue weighted by Crippen LogP contribution is -2.54. The molecule has 176 valence electrons. The Bertz CT molecular complexity index is 695. The van der Waals surface area contributed by atoms with Crippen LogP contribution in [0.5, 0.6) is 0 Å². The summed E-state index contributed by atoms with van der Waals surface area (Å²) < 4.78 is 0. The number of aliphatic carboxylic acids is 1. The maximum absolute atomic E-state index is 12.0. The minimum atomic E-state index is -0.986. The maximum Gasteiger partial charge on any atom is 0.322 e. The Hall–Kier alpha value is -1.10. The molecule has 1 amide bonds. The number of carbonyl (C=O) groups excluding carboxylic acids is 1. The van der Waals surface area contributed by atoms with Gasteiger partial charge in [0.15, 0.2) is 0 Å². The van der Waals surface area contributed by atoms with Crippen molar-refractivity contribution in [3.63, 3.8) is 0 Å². The first-order valence-electron chi connectivity index (χ1n) is 12.8. The zero-order valence-electron chi connectivity index (χ0n) is 19.7. The zero-order valence-corrected chi connectivity index (χ0v) is 19.7. The van der Waals surface area contributed by atoms with Crippen molar-refractivity contribution in [2.24, 2.45) is 46.3 Å². The first-order chi connectivity index (χ1) is 14.6. The summed E-state index contributed by atoms with van der Waals surface area (Å²) in [5.74, 6) is 3.23. The van der Waals surface area contributed by atoms with E-state index in [1.807, 2.05) is 0 Å². The predicted octanol–water partition coefficient (Wildman–Crippen LogP) is 4.62. The molecule has 9 atom stereocenters. The maximum atomic E-state index is 12.0. The number of carbonyl (C=O) groups is 2. The van der Waals surface area contributed by atoms with E-state index in [9.17, 15) is 14.7 Å². The van der Waals surface area contributed by atoms with Gasteiger partial charge in [-0.15, -0.1) is 0 Å². The van der Waals surface area contributed by atoms with E-state index < -0.39 is 5.97 Å². The number of carboxylic acids is 1. The van der Waals surface area contributed by atoms with Crippen LogP contribution in [0.25, 0.3) is 0 Å². The largest absolute Gasteiger partial charge is 0.480 e. The van der Waals surface area contributed by atoms with E-state index in [4.69, 9.17) is 5.11 Å². The Morgan fingerprint density at radius 2 is 1.71 bits per heavy atom. The van der Waals surface area contributed by atoms with Crippen molar-refractivity contribution in [1.82, 2.24) is 5.32 Å². The second-order valence-corrected chi connectivity index (χ2v) is 12.0. The van der Waals surface area contributed by atoms with Crippen molar-refractivity contribution in [2.75, 3.05) is 6.54 Å². The van der Waals surface area contributed by atoms with E-state index in [0.717, 1.165) is 37.0 Å². The van der Waals surface area contributed by atoms with Gasteiger partial charge in [0.2, 0.25) is 5.91 Å². The fraction of sp³-hybridized carbons (Fsp3) is 0.923. The number of rotatable bonds is 6. The van der Waals surface area contributed by atoms with Crippen molar-refractivity contribution in [3.8, 4) is 0 Å². The molecule has 5 nitrogen and oxygen atoms in total. The summed E-state index contributed by atoms with van der Waals surface area (Å²) in [6.07, 6.45) is 12.3. The van der Waals surface area contributed by atoms with Gasteiger partial charge in [0.1, 0.15) is 6.54 Å². The average Bonchev–Trinajstić information content (AvgIpc) is 3.08. The first-order valence-corrected chi connectivity index (χ1v) is 12.8. The van der Waals surface area contributed by atoms with Crippen LogP contribution in [0.2, 0.25) is 0 Å². The lowest BCUT2D eigenvalue weighted by Gasteiger charge is -2.61. The third-order valence-electron chi connectivity index (χ3n) is 10.7. The molecule has 4 saturated carbocycles. The SMILES string of the molecule is C[C@H](CCC(=O)NCC(=O)O)[C@H]1CCC2[C@@H]3CC[C@@H]4C[C@H](O)CC[C@]4(C)C3CC[C@@]21C. The molecule has 0 bridgehead atoms. The van der Waals surface area contributed by atoms with E-state index in [0.29, 0.717) is 35.0 Å². The molecule has 3 N–H and O–H groups in total. The molecule has 0 aromatic heterocycles. The molecule has 0 aromatic carbocycles. The lowest BCUT2D eigenvalue weighted by molar-refractivity contribution is -0.138. The molecule has 0 spiro atoms. The van der Waals surface area contributed by atoms with Crippen LogP contribution in [-0.2, 0) is 9.59 Å². The number of nitrogens with one attached hydrogen (secondary N) is 1. The summed E-state index contributed by atoms with van der Waals surface area (Å²) in [5, 5.41) is 21.5. The molecule has 0 heterocycles. The van der Waals surface area contributed by atoms with Crippen molar-refractivity contribution in [3.05, 3.63) is 0 Å². The van der Waals surface area contributed by atoms with Gasteiger partial charge >= 0.3 is 5.97 Å². The summed E-state index contributed by atoms with van der Waals surface area (Å²) in [4.78, 5) is 22.7. The van der Waals surface area contributed by atoms with Crippen LogP contribution < -0.4 is 5.32 Å². The molecule has 31 heavy (non-hydrogen) atoms. The number of amides is 1. The Morgan fingerprint density at radius 3 is 2.45 bits per heavy atom. The van der Waals surface area contributed by atoms with Gasteiger partial charge in [-0.25, -0.2) is 0 Å². The van der Waals surface area contributed by atoms with Crippen LogP contribution in [0.4, 0.5) is 0 Å². The van der Waals surface area contributed by atoms with E-state index in [1.54, 1.807) is 0 Å². The third-order valence-corrected chi connectivity index (χ3v) is 10.7. The Kier molecular flexibility index (Phi) is 6.46. The summed E-state index contributed by atoms with van der Waals surface area (Å²) >= 11 is 0. The van der Waals surface area contributed by atoms with Crippen molar-refractivity contribution < 1.29 is 19.8 Å². The number of hydrogen-bond acceptors (Lipinski definition) is 3. The molecule has 2 unspecified atom stereocenters. The van der Waals surface area contributed by atoms with E-state index in [2.05, 4.69) is 26.1 Å². The van der Waals surface area contributed by atoms with Crippen LogP contribution in [-0.4, -0.2) is 34.7 Å². The van der Waals surface area contributed by atoms with Crippen LogP contribution in [0.3, 0.4) is 0 Å². The van der Waals surface area contributed by atoms with Gasteiger partial charge in [-0.2, -0.15) is 0 Å². The molecule has 4 aliphatic carbocycles. The topological polar surface area (TPSA) is 86.6 Å². The molecule has 0 aliphatic heterocycles. The summed E-state index contributed by atoms with van der Waals surface area (Å²) in [7, 11) is 0. The molecular formula is C26H43NO4. The van der Waals surface area contributed by atoms with Gasteiger partial charge in [-0.05, 0) is 111 Å². The van der Waals surface area contributed by atoms with E-state index in [-0.39, 0.29) is 18.6 Å². The first kappa shape index (κ1) is 23.1. The molecule has 0 saturated heterocycles. The Labute approximate surface area is 187 Å². The molecule has 4 aliphatic rings. The fourth-order valence-electron chi connectivity index (χ4n) is 9.03. The quantitative estimate of drug-likeness (QED) is 0.570. The Morgan fingerprint density at radius 1 is 1.00 bits per heavy atom. The lowest BCUT2D eigenvalue weighted by atomic mass is 9.44. The van der Waals surface area contributed by atoms with Gasteiger partial charge in [0.25, 0.3) is 0 Å². The fourth-order valence-corrected chi connectivity index (χ4v) is 9.03. The Balaban J connectivity index is 1.40. The molecule has 4 rings (SSSR count). The average molecular weight is 434 g/mol. The highest BCUT2D eigenvalue weighted by atomic mass is 16.4. The number of fused-ring (bicyclic) bond motifs is 5. The third kappa shape index (κ3) is 4.16. The minimum absolute atomic E-state index is 0.0760. The number of hydrogen-bond donors (Lipinski definition) is 3. The molecule has 0 radical (unpaired) electrons. The van der Waals surface area contributed by atoms with E-state index >= 15 is 0 Å². The van der Waals surface area contributed by atoms with Crippen LogP contribution in [0.1, 0.15) is 91.4 Å². The van der Waals surface area contributed by atoms with Gasteiger partial charge in [0, 0.05) is 6.42 Å². The van der Waals surface area contributed by atoms with Gasteiger partial charge in [-0.3, -0.25) is 9.59 Å². The monoisotopic (exact) mass is 433 g/mol. The highest BCUT2D eigenvalue weighted by molar-refractivity contribution is 5.81. The predicted molar refractivity (Wildman–Crippen MR) is 120 cm³/mol. The van der Waals surface area contributed by atoms with Crippen LogP contribution in [0, 0.1) is 46.3 Å². The summed E-state index contributed by atoms with van der Waals surface area (Å²) in [6, 6.07) is 0. The standard InChI is InChI=1S/C26H43NO4/c1-16(4-9-23(29)27-15-24(30)31)20-7-8-21-19-6-5-17-14-18(28)10-12-25(17,2)22(19)11-13-26(20,21)3/h16-22,28H,4-15H2,1-3H3,(H,27,29)(H,30,31)/t16-,17-,18-,19+,20-,21?,22?,25+,26-/m1/s1. The van der Waals surface area contributed by atoms with Crippen LogP contribution >= 0.6 is 0 Å². The second-order valence-electron chi connectivity index (χ2n) is 12.0. The number of carboxylic acid groups (broad SMARTS) is 1. The summed E-state index contributed by atoms with van der Waals surface area (Å²) in [5.41, 5.74) is 0.810.